The van der Waals surface area contributed by atoms with E-state index in [1.54, 1.807) is 25.1 Å². The highest BCUT2D eigenvalue weighted by Crippen LogP contribution is 2.28. The van der Waals surface area contributed by atoms with Crippen molar-refractivity contribution in [1.29, 1.82) is 0 Å². The molecule has 0 aromatic carbocycles. The Labute approximate surface area is 138 Å². The molecule has 24 heavy (non-hydrogen) atoms. The second-order valence-electron chi connectivity index (χ2n) is 6.09. The standard InChI is InChI=1S/C17H17N3O4/c1-9(2)17(3)16(23)19-14(20-17)13-10(15(21)22)6-7-11(18-13)12-5-4-8-24-12/h4-9H,1-3H3,(H,21,22)(H,19,20,23). The minimum absolute atomic E-state index is 0.0302. The van der Waals surface area contributed by atoms with Crippen LogP contribution in [0.2, 0.25) is 0 Å². The summed E-state index contributed by atoms with van der Waals surface area (Å²) in [4.78, 5) is 32.6. The lowest BCUT2D eigenvalue weighted by molar-refractivity contribution is -0.124. The van der Waals surface area contributed by atoms with Gasteiger partial charge in [0.2, 0.25) is 0 Å². The molecule has 1 amide bonds. The van der Waals surface area contributed by atoms with E-state index in [1.165, 1.54) is 12.3 Å². The fourth-order valence-corrected chi connectivity index (χ4v) is 2.42. The van der Waals surface area contributed by atoms with E-state index < -0.39 is 11.5 Å². The maximum absolute atomic E-state index is 12.3. The van der Waals surface area contributed by atoms with Crippen molar-refractivity contribution < 1.29 is 19.1 Å². The van der Waals surface area contributed by atoms with E-state index in [2.05, 4.69) is 15.3 Å². The number of aromatic carboxylic acids is 1. The predicted molar refractivity (Wildman–Crippen MR) is 86.8 cm³/mol. The van der Waals surface area contributed by atoms with Crippen molar-refractivity contribution in [2.45, 2.75) is 26.3 Å². The van der Waals surface area contributed by atoms with E-state index in [0.29, 0.717) is 11.5 Å². The normalized spacial score (nSPS) is 20.2. The number of nitrogens with one attached hydrogen (secondary N) is 1. The maximum Gasteiger partial charge on any atom is 0.338 e. The minimum Gasteiger partial charge on any atom is -0.478 e. The van der Waals surface area contributed by atoms with Gasteiger partial charge < -0.3 is 14.8 Å². The molecule has 7 heteroatoms. The number of hydrogen-bond donors (Lipinski definition) is 2. The van der Waals surface area contributed by atoms with E-state index in [4.69, 9.17) is 4.42 Å². The number of amides is 1. The highest BCUT2D eigenvalue weighted by molar-refractivity contribution is 6.17. The van der Waals surface area contributed by atoms with Gasteiger partial charge in [0.1, 0.15) is 16.9 Å². The van der Waals surface area contributed by atoms with E-state index >= 15 is 0 Å². The monoisotopic (exact) mass is 327 g/mol. The van der Waals surface area contributed by atoms with Crippen LogP contribution in [0.4, 0.5) is 0 Å². The Kier molecular flexibility index (Phi) is 3.71. The minimum atomic E-state index is -1.14. The summed E-state index contributed by atoms with van der Waals surface area (Å²) in [5, 5.41) is 12.1. The Balaban J connectivity index is 2.14. The lowest BCUT2D eigenvalue weighted by Gasteiger charge is -2.21. The van der Waals surface area contributed by atoms with Crippen LogP contribution in [0, 0.1) is 5.92 Å². The molecule has 7 nitrogen and oxygen atoms in total. The summed E-state index contributed by atoms with van der Waals surface area (Å²) in [6, 6.07) is 6.43. The molecule has 0 bridgehead atoms. The zero-order valence-electron chi connectivity index (χ0n) is 13.5. The molecule has 0 aliphatic carbocycles. The molecular weight excluding hydrogens is 310 g/mol. The van der Waals surface area contributed by atoms with Crippen molar-refractivity contribution >= 4 is 17.7 Å². The Bertz CT molecular complexity index is 840. The van der Waals surface area contributed by atoms with Crippen molar-refractivity contribution in [1.82, 2.24) is 10.3 Å². The molecule has 0 spiro atoms. The largest absolute Gasteiger partial charge is 0.478 e. The predicted octanol–water partition coefficient (Wildman–Crippen LogP) is 2.33. The molecular formula is C17H17N3O4. The Morgan fingerprint density at radius 3 is 2.62 bits per heavy atom. The van der Waals surface area contributed by atoms with Crippen LogP contribution in [0.25, 0.3) is 11.5 Å². The first-order valence-electron chi connectivity index (χ1n) is 7.53. The molecule has 3 heterocycles. The van der Waals surface area contributed by atoms with Crippen molar-refractivity contribution in [2.24, 2.45) is 10.9 Å². The van der Waals surface area contributed by atoms with Gasteiger partial charge in [-0.05, 0) is 37.1 Å². The summed E-state index contributed by atoms with van der Waals surface area (Å²) in [6.45, 7) is 5.49. The molecule has 1 aliphatic rings. The smallest absolute Gasteiger partial charge is 0.338 e. The van der Waals surface area contributed by atoms with Crippen LogP contribution < -0.4 is 5.32 Å². The number of carboxylic acid groups (broad SMARTS) is 1. The van der Waals surface area contributed by atoms with Gasteiger partial charge in [-0.3, -0.25) is 4.79 Å². The Morgan fingerprint density at radius 1 is 1.33 bits per heavy atom. The number of aliphatic imine (C=N–C) groups is 1. The number of amidine groups is 1. The van der Waals surface area contributed by atoms with Crippen LogP contribution in [0.15, 0.2) is 39.9 Å². The zero-order valence-corrected chi connectivity index (χ0v) is 13.5. The number of aromatic nitrogens is 1. The van der Waals surface area contributed by atoms with Gasteiger partial charge in [-0.1, -0.05) is 13.8 Å². The third-order valence-corrected chi connectivity index (χ3v) is 4.28. The third kappa shape index (κ3) is 2.47. The second kappa shape index (κ2) is 5.59. The number of carbonyl (C=O) groups excluding carboxylic acids is 1. The van der Waals surface area contributed by atoms with Gasteiger partial charge in [0.15, 0.2) is 11.6 Å². The topological polar surface area (TPSA) is 105 Å². The Hall–Kier alpha value is -2.96. The molecule has 0 radical (unpaired) electrons. The SMILES string of the molecule is CC(C)C1(C)N=C(c2nc(-c3ccco3)ccc2C(=O)O)NC1=O. The quantitative estimate of drug-likeness (QED) is 0.896. The van der Waals surface area contributed by atoms with E-state index in [1.807, 2.05) is 13.8 Å². The number of carbonyl (C=O) groups is 2. The van der Waals surface area contributed by atoms with E-state index in [-0.39, 0.29) is 28.9 Å². The lowest BCUT2D eigenvalue weighted by atomic mass is 9.89. The highest BCUT2D eigenvalue weighted by Gasteiger charge is 2.43. The third-order valence-electron chi connectivity index (χ3n) is 4.28. The van der Waals surface area contributed by atoms with Crippen molar-refractivity contribution in [3.8, 4) is 11.5 Å². The summed E-state index contributed by atoms with van der Waals surface area (Å²) >= 11 is 0. The van der Waals surface area contributed by atoms with E-state index in [9.17, 15) is 14.7 Å². The fourth-order valence-electron chi connectivity index (χ4n) is 2.42. The zero-order chi connectivity index (χ0) is 17.5. The number of carboxylic acids is 1. The molecule has 1 atom stereocenters. The van der Waals surface area contributed by atoms with Crippen LogP contribution in [-0.4, -0.2) is 33.3 Å². The van der Waals surface area contributed by atoms with Crippen molar-refractivity contribution in [2.75, 3.05) is 0 Å². The molecule has 1 unspecified atom stereocenters. The van der Waals surface area contributed by atoms with Crippen LogP contribution in [0.1, 0.15) is 36.8 Å². The maximum atomic E-state index is 12.3. The van der Waals surface area contributed by atoms with Gasteiger partial charge in [-0.25, -0.2) is 14.8 Å². The molecule has 0 saturated heterocycles. The van der Waals surface area contributed by atoms with E-state index in [0.717, 1.165) is 0 Å². The first-order chi connectivity index (χ1) is 11.3. The number of nitrogens with zero attached hydrogens (tertiary/aromatic N) is 2. The summed E-state index contributed by atoms with van der Waals surface area (Å²) in [6.07, 6.45) is 1.51. The Morgan fingerprint density at radius 2 is 2.08 bits per heavy atom. The van der Waals surface area contributed by atoms with Gasteiger partial charge in [0.25, 0.3) is 5.91 Å². The molecule has 2 aromatic rings. The summed E-state index contributed by atoms with van der Waals surface area (Å²) in [5.74, 6) is -0.782. The van der Waals surface area contributed by atoms with Crippen molar-refractivity contribution in [3.63, 3.8) is 0 Å². The second-order valence-corrected chi connectivity index (χ2v) is 6.09. The summed E-state index contributed by atoms with van der Waals surface area (Å²) < 4.78 is 5.30. The highest BCUT2D eigenvalue weighted by atomic mass is 16.4. The molecule has 2 N–H and O–H groups in total. The van der Waals surface area contributed by atoms with Crippen molar-refractivity contribution in [3.05, 3.63) is 41.8 Å². The van der Waals surface area contributed by atoms with Gasteiger partial charge >= 0.3 is 5.97 Å². The number of rotatable bonds is 4. The first-order valence-corrected chi connectivity index (χ1v) is 7.53. The van der Waals surface area contributed by atoms with Crippen LogP contribution in [0.3, 0.4) is 0 Å². The average Bonchev–Trinajstić information content (AvgIpc) is 3.16. The number of pyridine rings is 1. The summed E-state index contributed by atoms with van der Waals surface area (Å²) in [7, 11) is 0. The first kappa shape index (κ1) is 15.9. The van der Waals surface area contributed by atoms with Gasteiger partial charge in [-0.2, -0.15) is 0 Å². The lowest BCUT2D eigenvalue weighted by Crippen LogP contribution is -2.41. The number of hydrogen-bond acceptors (Lipinski definition) is 5. The molecule has 2 aromatic heterocycles. The molecule has 0 fully saturated rings. The van der Waals surface area contributed by atoms with Crippen LogP contribution in [0.5, 0.6) is 0 Å². The van der Waals surface area contributed by atoms with Gasteiger partial charge in [0.05, 0.1) is 11.8 Å². The van der Waals surface area contributed by atoms with Crippen LogP contribution in [-0.2, 0) is 4.79 Å². The van der Waals surface area contributed by atoms with Crippen LogP contribution >= 0.6 is 0 Å². The average molecular weight is 327 g/mol. The molecule has 1 aliphatic heterocycles. The molecule has 3 rings (SSSR count). The van der Waals surface area contributed by atoms with Gasteiger partial charge in [0, 0.05) is 0 Å². The number of furan rings is 1. The molecule has 0 saturated carbocycles. The molecule has 124 valence electrons. The van der Waals surface area contributed by atoms with Gasteiger partial charge in [-0.15, -0.1) is 0 Å². The summed E-state index contributed by atoms with van der Waals surface area (Å²) in [5.41, 5.74) is -0.394. The fraction of sp³-hybridized carbons (Fsp3) is 0.294.